The van der Waals surface area contributed by atoms with Crippen molar-refractivity contribution in [2.45, 2.75) is 4.90 Å². The Bertz CT molecular complexity index is 902. The Morgan fingerprint density at radius 1 is 1.00 bits per heavy atom. The van der Waals surface area contributed by atoms with Gasteiger partial charge in [-0.1, -0.05) is 34.8 Å². The van der Waals surface area contributed by atoms with Crippen LogP contribution < -0.4 is 9.88 Å². The predicted molar refractivity (Wildman–Crippen MR) is 95.1 cm³/mol. The zero-order valence-corrected chi connectivity index (χ0v) is 15.6. The van der Waals surface area contributed by atoms with Gasteiger partial charge in [-0.2, -0.15) is 0 Å². The first-order chi connectivity index (χ1) is 11.7. The Balaban J connectivity index is 1.94. The van der Waals surface area contributed by atoms with Crippen LogP contribution in [0, 0.1) is 0 Å². The van der Waals surface area contributed by atoms with E-state index < -0.39 is 16.0 Å². The Kier molecular flexibility index (Phi) is 6.53. The number of primary sulfonamides is 1. The Hall–Kier alpha value is -1.51. The maximum Gasteiger partial charge on any atom is 0.338 e. The van der Waals surface area contributed by atoms with Crippen LogP contribution >= 0.6 is 34.8 Å². The summed E-state index contributed by atoms with van der Waals surface area (Å²) in [5, 5.41) is 5.75. The number of nitrogens with two attached hydrogens (primary N) is 1. The van der Waals surface area contributed by atoms with E-state index in [0.29, 0.717) is 15.8 Å². The molecule has 6 nitrogen and oxygen atoms in total. The molecule has 134 valence electrons. The van der Waals surface area contributed by atoms with Crippen molar-refractivity contribution in [3.63, 3.8) is 0 Å². The van der Waals surface area contributed by atoms with Crippen LogP contribution in [0.3, 0.4) is 0 Å². The standard InChI is InChI=1S/C15H12Cl3NO5S/c16-10-2-4-13(12(18)8-10)23-5-6-24-15(20)9-1-3-11(17)14(7-9)25(19,21)22/h1-4,7-8H,5-6H2,(H2,19,21,22). The lowest BCUT2D eigenvalue weighted by molar-refractivity contribution is 0.0450. The van der Waals surface area contributed by atoms with Gasteiger partial charge in [0.05, 0.1) is 15.6 Å². The molecule has 0 aliphatic carbocycles. The smallest absolute Gasteiger partial charge is 0.338 e. The summed E-state index contributed by atoms with van der Waals surface area (Å²) in [6.07, 6.45) is 0. The quantitative estimate of drug-likeness (QED) is 0.565. The van der Waals surface area contributed by atoms with Crippen molar-refractivity contribution < 1.29 is 22.7 Å². The van der Waals surface area contributed by atoms with Crippen LogP contribution in [-0.2, 0) is 14.8 Å². The minimum atomic E-state index is -4.05. The summed E-state index contributed by atoms with van der Waals surface area (Å²) >= 11 is 17.5. The van der Waals surface area contributed by atoms with Crippen molar-refractivity contribution in [1.82, 2.24) is 0 Å². The fraction of sp³-hybridized carbons (Fsp3) is 0.133. The molecular formula is C15H12Cl3NO5S. The molecule has 0 saturated carbocycles. The highest BCUT2D eigenvalue weighted by molar-refractivity contribution is 7.89. The number of hydrogen-bond donors (Lipinski definition) is 1. The second kappa shape index (κ2) is 8.25. The van der Waals surface area contributed by atoms with E-state index in [1.807, 2.05) is 0 Å². The van der Waals surface area contributed by atoms with Crippen LogP contribution in [0.2, 0.25) is 15.1 Å². The molecule has 2 aromatic rings. The number of rotatable bonds is 6. The van der Waals surface area contributed by atoms with Crippen LogP contribution in [-0.4, -0.2) is 27.6 Å². The molecule has 0 saturated heterocycles. The van der Waals surface area contributed by atoms with E-state index in [0.717, 1.165) is 6.07 Å². The highest BCUT2D eigenvalue weighted by Crippen LogP contribution is 2.27. The minimum absolute atomic E-state index is 0.00190. The van der Waals surface area contributed by atoms with Crippen LogP contribution in [0.5, 0.6) is 5.75 Å². The molecule has 0 amide bonds. The van der Waals surface area contributed by atoms with Gasteiger partial charge in [-0.15, -0.1) is 0 Å². The van der Waals surface area contributed by atoms with Gasteiger partial charge in [-0.3, -0.25) is 0 Å². The summed E-state index contributed by atoms with van der Waals surface area (Å²) in [5.41, 5.74) is -0.00190. The van der Waals surface area contributed by atoms with E-state index in [1.54, 1.807) is 12.1 Å². The average molecular weight is 425 g/mol. The monoisotopic (exact) mass is 423 g/mol. The topological polar surface area (TPSA) is 95.7 Å². The van der Waals surface area contributed by atoms with Gasteiger partial charge in [0.15, 0.2) is 0 Å². The lowest BCUT2D eigenvalue weighted by Crippen LogP contribution is -2.15. The first-order valence-corrected chi connectivity index (χ1v) is 9.44. The number of hydrogen-bond acceptors (Lipinski definition) is 5. The summed E-state index contributed by atoms with van der Waals surface area (Å²) in [4.78, 5) is 11.6. The number of benzene rings is 2. The average Bonchev–Trinajstić information content (AvgIpc) is 2.52. The molecule has 0 unspecified atom stereocenters. The Labute approximate surface area is 159 Å². The van der Waals surface area contributed by atoms with E-state index in [1.165, 1.54) is 18.2 Å². The third-order valence-electron chi connectivity index (χ3n) is 2.94. The lowest BCUT2D eigenvalue weighted by Gasteiger charge is -2.09. The van der Waals surface area contributed by atoms with E-state index in [9.17, 15) is 13.2 Å². The van der Waals surface area contributed by atoms with Gasteiger partial charge in [0.2, 0.25) is 10.0 Å². The fourth-order valence-electron chi connectivity index (χ4n) is 1.81. The Morgan fingerprint density at radius 3 is 2.36 bits per heavy atom. The molecule has 0 radical (unpaired) electrons. The summed E-state index contributed by atoms with van der Waals surface area (Å²) in [7, 11) is -4.05. The van der Waals surface area contributed by atoms with Gasteiger partial charge in [-0.05, 0) is 36.4 Å². The van der Waals surface area contributed by atoms with Crippen LogP contribution in [0.1, 0.15) is 10.4 Å². The normalized spacial score (nSPS) is 11.2. The number of carbonyl (C=O) groups excluding carboxylic acids is 1. The fourth-order valence-corrected chi connectivity index (χ4v) is 3.34. The molecule has 25 heavy (non-hydrogen) atoms. The second-order valence-electron chi connectivity index (χ2n) is 4.75. The highest BCUT2D eigenvalue weighted by Gasteiger charge is 2.17. The molecular weight excluding hydrogens is 413 g/mol. The number of halogens is 3. The minimum Gasteiger partial charge on any atom is -0.488 e. The SMILES string of the molecule is NS(=O)(=O)c1cc(C(=O)OCCOc2ccc(Cl)cc2Cl)ccc1Cl. The molecule has 2 aromatic carbocycles. The van der Waals surface area contributed by atoms with E-state index in [4.69, 9.17) is 49.4 Å². The van der Waals surface area contributed by atoms with Gasteiger partial charge in [0, 0.05) is 5.02 Å². The highest BCUT2D eigenvalue weighted by atomic mass is 35.5. The van der Waals surface area contributed by atoms with Crippen LogP contribution in [0.25, 0.3) is 0 Å². The number of sulfonamides is 1. The van der Waals surface area contributed by atoms with Crippen molar-refractivity contribution in [2.75, 3.05) is 13.2 Å². The molecule has 0 aliphatic rings. The Morgan fingerprint density at radius 2 is 1.72 bits per heavy atom. The molecule has 0 fully saturated rings. The molecule has 0 atom stereocenters. The summed E-state index contributed by atoms with van der Waals surface area (Å²) in [6, 6.07) is 8.35. The maximum atomic E-state index is 12.0. The largest absolute Gasteiger partial charge is 0.488 e. The summed E-state index contributed by atoms with van der Waals surface area (Å²) < 4.78 is 33.2. The van der Waals surface area contributed by atoms with Crippen molar-refractivity contribution >= 4 is 50.8 Å². The number of ether oxygens (including phenoxy) is 2. The first-order valence-electron chi connectivity index (χ1n) is 6.76. The third kappa shape index (κ3) is 5.49. The third-order valence-corrected chi connectivity index (χ3v) is 4.86. The lowest BCUT2D eigenvalue weighted by atomic mass is 10.2. The van der Waals surface area contributed by atoms with Crippen molar-refractivity contribution in [3.05, 3.63) is 57.0 Å². The van der Waals surface area contributed by atoms with Gasteiger partial charge >= 0.3 is 5.97 Å². The first kappa shape index (κ1) is 19.8. The van der Waals surface area contributed by atoms with Gasteiger partial charge in [-0.25, -0.2) is 18.4 Å². The molecule has 0 aliphatic heterocycles. The van der Waals surface area contributed by atoms with E-state index >= 15 is 0 Å². The zero-order valence-electron chi connectivity index (χ0n) is 12.5. The van der Waals surface area contributed by atoms with Gasteiger partial charge in [0.25, 0.3) is 0 Å². The molecule has 10 heteroatoms. The molecule has 0 bridgehead atoms. The molecule has 2 N–H and O–H groups in total. The van der Waals surface area contributed by atoms with Crippen LogP contribution in [0.4, 0.5) is 0 Å². The maximum absolute atomic E-state index is 12.0. The van der Waals surface area contributed by atoms with E-state index in [2.05, 4.69) is 0 Å². The number of carbonyl (C=O) groups is 1. The van der Waals surface area contributed by atoms with Crippen molar-refractivity contribution in [1.29, 1.82) is 0 Å². The van der Waals surface area contributed by atoms with Gasteiger partial charge in [0.1, 0.15) is 23.9 Å². The molecule has 0 spiro atoms. The second-order valence-corrected chi connectivity index (χ2v) is 7.53. The van der Waals surface area contributed by atoms with Crippen molar-refractivity contribution in [3.8, 4) is 5.75 Å². The summed E-state index contributed by atoms with van der Waals surface area (Å²) in [5.74, 6) is -0.350. The molecule has 2 rings (SSSR count). The summed E-state index contributed by atoms with van der Waals surface area (Å²) in [6.45, 7) is -0.0339. The molecule has 0 heterocycles. The number of esters is 1. The van der Waals surface area contributed by atoms with Crippen molar-refractivity contribution in [2.24, 2.45) is 5.14 Å². The molecule has 0 aromatic heterocycles. The van der Waals surface area contributed by atoms with E-state index in [-0.39, 0.29) is 28.7 Å². The predicted octanol–water partition coefficient (Wildman–Crippen LogP) is 3.53. The zero-order chi connectivity index (χ0) is 18.6. The van der Waals surface area contributed by atoms with Crippen LogP contribution in [0.15, 0.2) is 41.3 Å². The van der Waals surface area contributed by atoms with Gasteiger partial charge < -0.3 is 9.47 Å².